The molecular formula is C22H27ClFN3O2. The second-order valence-corrected chi connectivity index (χ2v) is 7.79. The minimum absolute atomic E-state index is 0. The maximum Gasteiger partial charge on any atom is 0.242 e. The molecule has 2 saturated heterocycles. The van der Waals surface area contributed by atoms with E-state index >= 15 is 0 Å². The number of likely N-dealkylation sites (tertiary alicyclic amines) is 1. The zero-order chi connectivity index (χ0) is 19.9. The third-order valence-corrected chi connectivity index (χ3v) is 5.84. The highest BCUT2D eigenvalue weighted by molar-refractivity contribution is 5.88. The minimum atomic E-state index is -0.441. The lowest BCUT2D eigenvalue weighted by Crippen LogP contribution is -2.47. The fourth-order valence-electron chi connectivity index (χ4n) is 4.38. The van der Waals surface area contributed by atoms with Crippen LogP contribution < -0.4 is 10.1 Å². The van der Waals surface area contributed by atoms with Crippen LogP contribution in [0.5, 0.6) is 5.75 Å². The number of hydrogen-bond acceptors (Lipinski definition) is 4. The highest BCUT2D eigenvalue weighted by atomic mass is 35.5. The lowest BCUT2D eigenvalue weighted by Gasteiger charge is -2.23. The summed E-state index contributed by atoms with van der Waals surface area (Å²) in [5.41, 5.74) is 3.24. The number of nitrogens with one attached hydrogen (secondary N) is 1. The van der Waals surface area contributed by atoms with Gasteiger partial charge in [-0.15, -0.1) is 12.4 Å². The van der Waals surface area contributed by atoms with Crippen LogP contribution in [-0.4, -0.2) is 41.5 Å². The van der Waals surface area contributed by atoms with Gasteiger partial charge in [0.1, 0.15) is 5.54 Å². The molecule has 0 bridgehead atoms. The summed E-state index contributed by atoms with van der Waals surface area (Å²) in [4.78, 5) is 19.1. The number of amides is 1. The molecule has 1 spiro atoms. The first-order valence-corrected chi connectivity index (χ1v) is 9.86. The first kappa shape index (κ1) is 21.5. The quantitative estimate of drug-likeness (QED) is 0.812. The number of benzene rings is 1. The summed E-state index contributed by atoms with van der Waals surface area (Å²) < 4.78 is 19.3. The van der Waals surface area contributed by atoms with Crippen LogP contribution in [0.25, 0.3) is 11.1 Å². The molecule has 3 heterocycles. The van der Waals surface area contributed by atoms with Crippen molar-refractivity contribution in [1.82, 2.24) is 15.2 Å². The number of carbonyl (C=O) groups excluding carboxylic acids is 1. The van der Waals surface area contributed by atoms with E-state index in [1.807, 2.05) is 33.0 Å². The largest absolute Gasteiger partial charge is 0.491 e. The Labute approximate surface area is 177 Å². The van der Waals surface area contributed by atoms with Crippen LogP contribution in [0.2, 0.25) is 0 Å². The molecule has 1 N–H and O–H groups in total. The fourth-order valence-corrected chi connectivity index (χ4v) is 4.38. The zero-order valence-electron chi connectivity index (χ0n) is 17.0. The van der Waals surface area contributed by atoms with E-state index in [9.17, 15) is 9.18 Å². The summed E-state index contributed by atoms with van der Waals surface area (Å²) in [6.07, 6.45) is 2.55. The van der Waals surface area contributed by atoms with E-state index in [1.54, 1.807) is 17.0 Å². The van der Waals surface area contributed by atoms with Gasteiger partial charge in [0.2, 0.25) is 5.91 Å². The number of aromatic nitrogens is 1. The van der Waals surface area contributed by atoms with Crippen molar-refractivity contribution in [3.63, 3.8) is 0 Å². The van der Waals surface area contributed by atoms with E-state index in [1.165, 1.54) is 6.07 Å². The molecule has 1 amide bonds. The third kappa shape index (κ3) is 3.96. The second kappa shape index (κ2) is 8.28. The molecule has 0 saturated carbocycles. The van der Waals surface area contributed by atoms with Gasteiger partial charge < -0.3 is 9.64 Å². The number of pyridine rings is 1. The summed E-state index contributed by atoms with van der Waals surface area (Å²) in [6.45, 7) is 5.00. The monoisotopic (exact) mass is 419 g/mol. The maximum atomic E-state index is 13.9. The van der Waals surface area contributed by atoms with Gasteiger partial charge in [0.15, 0.2) is 11.6 Å². The molecule has 156 valence electrons. The number of halogens is 2. The van der Waals surface area contributed by atoms with Gasteiger partial charge in [0.05, 0.1) is 18.3 Å². The van der Waals surface area contributed by atoms with Crippen LogP contribution >= 0.6 is 12.4 Å². The van der Waals surface area contributed by atoms with Gasteiger partial charge in [-0.25, -0.2) is 4.39 Å². The van der Waals surface area contributed by atoms with E-state index in [4.69, 9.17) is 9.72 Å². The lowest BCUT2D eigenvalue weighted by atomic mass is 9.96. The molecule has 0 aliphatic carbocycles. The van der Waals surface area contributed by atoms with Crippen molar-refractivity contribution in [2.45, 2.75) is 44.7 Å². The van der Waals surface area contributed by atoms with E-state index in [2.05, 4.69) is 5.32 Å². The summed E-state index contributed by atoms with van der Waals surface area (Å²) in [5.74, 6) is 0.0798. The molecule has 1 aromatic heterocycles. The summed E-state index contributed by atoms with van der Waals surface area (Å²) in [6, 6.07) is 9.00. The Balaban J connectivity index is 0.00000240. The third-order valence-electron chi connectivity index (χ3n) is 5.84. The lowest BCUT2D eigenvalue weighted by molar-refractivity contribution is -0.131. The number of likely N-dealkylation sites (N-methyl/N-ethyl adjacent to an activating group) is 1. The van der Waals surface area contributed by atoms with Gasteiger partial charge in [-0.3, -0.25) is 15.1 Å². The van der Waals surface area contributed by atoms with Crippen molar-refractivity contribution in [3.05, 3.63) is 47.5 Å². The number of hydrogen-bond donors (Lipinski definition) is 1. The molecule has 2 aromatic rings. The Kier molecular flexibility index (Phi) is 6.15. The van der Waals surface area contributed by atoms with E-state index in [0.29, 0.717) is 6.61 Å². The van der Waals surface area contributed by atoms with Crippen LogP contribution in [0.15, 0.2) is 30.3 Å². The van der Waals surface area contributed by atoms with Crippen molar-refractivity contribution in [2.24, 2.45) is 0 Å². The molecule has 2 aliphatic heterocycles. The average molecular weight is 420 g/mol. The predicted octanol–water partition coefficient (Wildman–Crippen LogP) is 4.04. The number of rotatable bonds is 4. The molecular weight excluding hydrogens is 393 g/mol. The first-order valence-electron chi connectivity index (χ1n) is 9.86. The molecule has 2 atom stereocenters. The van der Waals surface area contributed by atoms with Crippen molar-refractivity contribution >= 4 is 18.3 Å². The number of aryl methyl sites for hydroxylation is 1. The van der Waals surface area contributed by atoms with Crippen molar-refractivity contribution in [3.8, 4) is 16.9 Å². The SMILES string of the molecule is CCOc1cc(-c2cc(C)nc([C@@H]3CC[C@@]4(CCN(C)C4=O)N3)c2)ccc1F.Cl. The fraction of sp³-hybridized carbons (Fsp3) is 0.455. The standard InChI is InChI=1S/C22H26FN3O2.ClH/c1-4-28-20-13-15(5-6-17(20)23)16-11-14(2)24-19(12-16)18-7-8-22(25-18)9-10-26(3)21(22)27;/h5-6,11-13,18,25H,4,7-10H2,1-3H3;1H/t18-,22-;/m0./s1. The zero-order valence-corrected chi connectivity index (χ0v) is 17.8. The number of carbonyl (C=O) groups is 1. The van der Waals surface area contributed by atoms with Crippen LogP contribution in [0.3, 0.4) is 0 Å². The maximum absolute atomic E-state index is 13.9. The van der Waals surface area contributed by atoms with Gasteiger partial charge in [0.25, 0.3) is 0 Å². The van der Waals surface area contributed by atoms with Gasteiger partial charge in [-0.2, -0.15) is 0 Å². The second-order valence-electron chi connectivity index (χ2n) is 7.79. The molecule has 0 radical (unpaired) electrons. The first-order chi connectivity index (χ1) is 13.4. The molecule has 7 heteroatoms. The summed E-state index contributed by atoms with van der Waals surface area (Å²) in [7, 11) is 1.86. The Hall–Kier alpha value is -2.18. The van der Waals surface area contributed by atoms with E-state index in [0.717, 1.165) is 48.3 Å². The Bertz CT molecular complexity index is 923. The average Bonchev–Trinajstić information content (AvgIpc) is 3.23. The molecule has 2 fully saturated rings. The molecule has 4 rings (SSSR count). The summed E-state index contributed by atoms with van der Waals surface area (Å²) in [5, 5.41) is 3.57. The number of ether oxygens (including phenoxy) is 1. The predicted molar refractivity (Wildman–Crippen MR) is 113 cm³/mol. The van der Waals surface area contributed by atoms with E-state index in [-0.39, 0.29) is 35.9 Å². The van der Waals surface area contributed by atoms with Crippen molar-refractivity contribution in [1.29, 1.82) is 0 Å². The van der Waals surface area contributed by atoms with Crippen LogP contribution in [0.1, 0.15) is 43.6 Å². The highest BCUT2D eigenvalue weighted by Crippen LogP contribution is 2.39. The molecule has 1 aromatic carbocycles. The number of nitrogens with zero attached hydrogens (tertiary/aromatic N) is 2. The van der Waals surface area contributed by atoms with Gasteiger partial charge in [-0.05, 0) is 68.5 Å². The van der Waals surface area contributed by atoms with Gasteiger partial charge in [0, 0.05) is 19.3 Å². The molecule has 29 heavy (non-hydrogen) atoms. The van der Waals surface area contributed by atoms with Gasteiger partial charge in [-0.1, -0.05) is 6.07 Å². The van der Waals surface area contributed by atoms with Crippen LogP contribution in [0.4, 0.5) is 4.39 Å². The van der Waals surface area contributed by atoms with Crippen molar-refractivity contribution < 1.29 is 13.9 Å². The van der Waals surface area contributed by atoms with Gasteiger partial charge >= 0.3 is 0 Å². The molecule has 5 nitrogen and oxygen atoms in total. The Morgan fingerprint density at radius 1 is 1.28 bits per heavy atom. The Morgan fingerprint density at radius 2 is 2.07 bits per heavy atom. The van der Waals surface area contributed by atoms with Crippen LogP contribution in [-0.2, 0) is 4.79 Å². The smallest absolute Gasteiger partial charge is 0.242 e. The molecule has 2 aliphatic rings. The van der Waals surface area contributed by atoms with E-state index < -0.39 is 5.54 Å². The van der Waals surface area contributed by atoms with Crippen LogP contribution in [0, 0.1) is 12.7 Å². The normalized spacial score (nSPS) is 23.5. The minimum Gasteiger partial charge on any atom is -0.491 e. The molecule has 0 unspecified atom stereocenters. The highest BCUT2D eigenvalue weighted by Gasteiger charge is 2.50. The van der Waals surface area contributed by atoms with Crippen molar-refractivity contribution in [2.75, 3.05) is 20.2 Å². The summed E-state index contributed by atoms with van der Waals surface area (Å²) >= 11 is 0. The Morgan fingerprint density at radius 3 is 2.76 bits per heavy atom. The topological polar surface area (TPSA) is 54.5 Å².